The SMILES string of the molecule is COC(=O)c1ccc(CNC2CC2)cc1. The quantitative estimate of drug-likeness (QED) is 0.761. The van der Waals surface area contributed by atoms with Crippen LogP contribution in [0.5, 0.6) is 0 Å². The lowest BCUT2D eigenvalue weighted by molar-refractivity contribution is 0.0600. The molecule has 15 heavy (non-hydrogen) atoms. The second-order valence-electron chi connectivity index (χ2n) is 3.84. The average Bonchev–Trinajstić information content (AvgIpc) is 3.10. The number of hydrogen-bond donors (Lipinski definition) is 1. The second-order valence-corrected chi connectivity index (χ2v) is 3.84. The van der Waals surface area contributed by atoms with Crippen molar-refractivity contribution < 1.29 is 9.53 Å². The molecule has 3 heteroatoms. The van der Waals surface area contributed by atoms with E-state index in [1.54, 1.807) is 12.1 Å². The Labute approximate surface area is 89.4 Å². The van der Waals surface area contributed by atoms with E-state index in [9.17, 15) is 4.79 Å². The Kier molecular flexibility index (Phi) is 3.02. The van der Waals surface area contributed by atoms with Crippen LogP contribution < -0.4 is 5.32 Å². The number of esters is 1. The van der Waals surface area contributed by atoms with Crippen LogP contribution in [0.25, 0.3) is 0 Å². The van der Waals surface area contributed by atoms with E-state index in [4.69, 9.17) is 0 Å². The van der Waals surface area contributed by atoms with E-state index in [1.165, 1.54) is 25.5 Å². The molecule has 1 aliphatic rings. The molecule has 0 unspecified atom stereocenters. The van der Waals surface area contributed by atoms with E-state index in [-0.39, 0.29) is 5.97 Å². The van der Waals surface area contributed by atoms with Crippen LogP contribution in [0.2, 0.25) is 0 Å². The summed E-state index contributed by atoms with van der Waals surface area (Å²) in [5, 5.41) is 3.42. The molecule has 1 aromatic carbocycles. The van der Waals surface area contributed by atoms with Gasteiger partial charge in [-0.2, -0.15) is 0 Å². The maximum Gasteiger partial charge on any atom is 0.337 e. The first-order valence-corrected chi connectivity index (χ1v) is 5.20. The van der Waals surface area contributed by atoms with E-state index in [0.29, 0.717) is 11.6 Å². The van der Waals surface area contributed by atoms with Crippen LogP contribution in [0.3, 0.4) is 0 Å². The van der Waals surface area contributed by atoms with Crippen molar-refractivity contribution in [2.45, 2.75) is 25.4 Å². The minimum Gasteiger partial charge on any atom is -0.465 e. The number of ether oxygens (including phenoxy) is 1. The van der Waals surface area contributed by atoms with Gasteiger partial charge in [0, 0.05) is 12.6 Å². The number of carbonyl (C=O) groups is 1. The molecule has 0 amide bonds. The van der Waals surface area contributed by atoms with E-state index in [2.05, 4.69) is 10.1 Å². The maximum absolute atomic E-state index is 11.2. The normalized spacial score (nSPS) is 15.0. The van der Waals surface area contributed by atoms with Gasteiger partial charge in [-0.15, -0.1) is 0 Å². The molecule has 1 aromatic rings. The highest BCUT2D eigenvalue weighted by atomic mass is 16.5. The molecule has 1 aliphatic carbocycles. The molecule has 0 aromatic heterocycles. The molecule has 0 atom stereocenters. The summed E-state index contributed by atoms with van der Waals surface area (Å²) in [6.45, 7) is 0.881. The first-order chi connectivity index (χ1) is 7.29. The minimum atomic E-state index is -0.281. The Hall–Kier alpha value is -1.35. The van der Waals surface area contributed by atoms with E-state index < -0.39 is 0 Å². The average molecular weight is 205 g/mol. The first-order valence-electron chi connectivity index (χ1n) is 5.20. The molecular weight excluding hydrogens is 190 g/mol. The summed E-state index contributed by atoms with van der Waals surface area (Å²) in [6, 6.07) is 8.24. The smallest absolute Gasteiger partial charge is 0.337 e. The van der Waals surface area contributed by atoms with Gasteiger partial charge in [-0.1, -0.05) is 12.1 Å². The molecule has 0 bridgehead atoms. The second kappa shape index (κ2) is 4.45. The number of rotatable bonds is 4. The number of hydrogen-bond acceptors (Lipinski definition) is 3. The van der Waals surface area contributed by atoms with Crippen molar-refractivity contribution >= 4 is 5.97 Å². The third-order valence-electron chi connectivity index (χ3n) is 2.55. The van der Waals surface area contributed by atoms with Gasteiger partial charge < -0.3 is 10.1 Å². The zero-order valence-electron chi connectivity index (χ0n) is 8.82. The van der Waals surface area contributed by atoms with Gasteiger partial charge in [-0.25, -0.2) is 4.79 Å². The number of methoxy groups -OCH3 is 1. The lowest BCUT2D eigenvalue weighted by Gasteiger charge is -2.04. The van der Waals surface area contributed by atoms with Gasteiger partial charge >= 0.3 is 5.97 Å². The molecular formula is C12H15NO2. The highest BCUT2D eigenvalue weighted by Gasteiger charge is 2.19. The van der Waals surface area contributed by atoms with Crippen LogP contribution in [0.15, 0.2) is 24.3 Å². The lowest BCUT2D eigenvalue weighted by atomic mass is 10.1. The number of carbonyl (C=O) groups excluding carboxylic acids is 1. The van der Waals surface area contributed by atoms with Gasteiger partial charge in [-0.3, -0.25) is 0 Å². The highest BCUT2D eigenvalue weighted by Crippen LogP contribution is 2.19. The van der Waals surface area contributed by atoms with Crippen LogP contribution in [-0.4, -0.2) is 19.1 Å². The summed E-state index contributed by atoms with van der Waals surface area (Å²) in [5.41, 5.74) is 1.81. The molecule has 0 saturated heterocycles. The third-order valence-corrected chi connectivity index (χ3v) is 2.55. The maximum atomic E-state index is 11.2. The fourth-order valence-corrected chi connectivity index (χ4v) is 1.43. The molecule has 3 nitrogen and oxygen atoms in total. The van der Waals surface area contributed by atoms with Gasteiger partial charge in [0.15, 0.2) is 0 Å². The monoisotopic (exact) mass is 205 g/mol. The summed E-state index contributed by atoms with van der Waals surface area (Å²) in [4.78, 5) is 11.2. The summed E-state index contributed by atoms with van der Waals surface area (Å²) in [7, 11) is 1.39. The summed E-state index contributed by atoms with van der Waals surface area (Å²) >= 11 is 0. The molecule has 1 N–H and O–H groups in total. The van der Waals surface area contributed by atoms with Crippen molar-refractivity contribution in [3.05, 3.63) is 35.4 Å². The summed E-state index contributed by atoms with van der Waals surface area (Å²) in [5.74, 6) is -0.281. The molecule has 0 radical (unpaired) electrons. The predicted octanol–water partition coefficient (Wildman–Crippen LogP) is 1.73. The van der Waals surface area contributed by atoms with Crippen LogP contribution in [0.4, 0.5) is 0 Å². The van der Waals surface area contributed by atoms with Crippen molar-refractivity contribution in [2.75, 3.05) is 7.11 Å². The van der Waals surface area contributed by atoms with E-state index in [0.717, 1.165) is 6.54 Å². The van der Waals surface area contributed by atoms with Crippen LogP contribution in [-0.2, 0) is 11.3 Å². The molecule has 0 heterocycles. The Morgan fingerprint density at radius 3 is 2.60 bits per heavy atom. The van der Waals surface area contributed by atoms with Crippen molar-refractivity contribution in [3.8, 4) is 0 Å². The van der Waals surface area contributed by atoms with Crippen LogP contribution in [0, 0.1) is 0 Å². The summed E-state index contributed by atoms with van der Waals surface area (Å²) < 4.78 is 4.63. The van der Waals surface area contributed by atoms with Gasteiger partial charge in [0.05, 0.1) is 12.7 Å². The molecule has 0 spiro atoms. The van der Waals surface area contributed by atoms with E-state index in [1.807, 2.05) is 12.1 Å². The van der Waals surface area contributed by atoms with Crippen molar-refractivity contribution in [3.63, 3.8) is 0 Å². The Morgan fingerprint density at radius 2 is 2.07 bits per heavy atom. The fraction of sp³-hybridized carbons (Fsp3) is 0.417. The fourth-order valence-electron chi connectivity index (χ4n) is 1.43. The van der Waals surface area contributed by atoms with Gasteiger partial charge in [-0.05, 0) is 30.5 Å². The topological polar surface area (TPSA) is 38.3 Å². The first kappa shape index (κ1) is 10.2. The molecule has 80 valence electrons. The highest BCUT2D eigenvalue weighted by molar-refractivity contribution is 5.89. The largest absolute Gasteiger partial charge is 0.465 e. The zero-order chi connectivity index (χ0) is 10.7. The van der Waals surface area contributed by atoms with E-state index >= 15 is 0 Å². The summed E-state index contributed by atoms with van der Waals surface area (Å²) in [6.07, 6.45) is 2.58. The molecule has 1 fully saturated rings. The standard InChI is InChI=1S/C12H15NO2/c1-15-12(14)10-4-2-9(3-5-10)8-13-11-6-7-11/h2-5,11,13H,6-8H2,1H3. The van der Waals surface area contributed by atoms with Crippen LogP contribution >= 0.6 is 0 Å². The Morgan fingerprint density at radius 1 is 1.40 bits per heavy atom. The Bertz CT molecular complexity index is 341. The molecule has 1 saturated carbocycles. The molecule has 2 rings (SSSR count). The van der Waals surface area contributed by atoms with Crippen LogP contribution in [0.1, 0.15) is 28.8 Å². The van der Waals surface area contributed by atoms with Gasteiger partial charge in [0.1, 0.15) is 0 Å². The number of nitrogens with one attached hydrogen (secondary N) is 1. The molecule has 0 aliphatic heterocycles. The zero-order valence-corrected chi connectivity index (χ0v) is 8.82. The lowest BCUT2D eigenvalue weighted by Crippen LogP contribution is -2.15. The Balaban J connectivity index is 1.93. The minimum absolute atomic E-state index is 0.281. The van der Waals surface area contributed by atoms with Crippen molar-refractivity contribution in [1.82, 2.24) is 5.32 Å². The predicted molar refractivity (Wildman–Crippen MR) is 57.6 cm³/mol. The van der Waals surface area contributed by atoms with Crippen molar-refractivity contribution in [1.29, 1.82) is 0 Å². The third kappa shape index (κ3) is 2.80. The van der Waals surface area contributed by atoms with Gasteiger partial charge in [0.25, 0.3) is 0 Å². The van der Waals surface area contributed by atoms with Gasteiger partial charge in [0.2, 0.25) is 0 Å². The van der Waals surface area contributed by atoms with Crippen molar-refractivity contribution in [2.24, 2.45) is 0 Å². The number of benzene rings is 1.